The molecule has 0 radical (unpaired) electrons. The Balaban J connectivity index is 0.00000529. The minimum absolute atomic E-state index is 0. The number of hydrogen-bond acceptors (Lipinski definition) is 3. The van der Waals surface area contributed by atoms with Gasteiger partial charge in [0.2, 0.25) is 0 Å². The highest BCUT2D eigenvalue weighted by molar-refractivity contribution is 14.0. The highest BCUT2D eigenvalue weighted by atomic mass is 127. The van der Waals surface area contributed by atoms with Gasteiger partial charge in [-0.15, -0.1) is 24.0 Å². The minimum Gasteiger partial charge on any atom is -0.357 e. The molecular formula is C17H35IN6. The molecule has 0 atom stereocenters. The standard InChI is InChI=1S/C17H34N6.HI/c1-7-18-17(20-13-16-9-11-21-22(16)6)19-10-8-12-23(14(2)3)15(4)5;/h9,11,14-15H,7-8,10,12-13H2,1-6H3,(H2,18,19,20);1H. The molecular weight excluding hydrogens is 415 g/mol. The lowest BCUT2D eigenvalue weighted by atomic mass is 10.2. The van der Waals surface area contributed by atoms with E-state index in [1.54, 1.807) is 6.20 Å². The van der Waals surface area contributed by atoms with Gasteiger partial charge in [-0.2, -0.15) is 5.10 Å². The lowest BCUT2D eigenvalue weighted by Crippen LogP contribution is -2.41. The zero-order valence-corrected chi connectivity index (χ0v) is 18.4. The van der Waals surface area contributed by atoms with Crippen LogP contribution in [0.25, 0.3) is 0 Å². The van der Waals surface area contributed by atoms with Gasteiger partial charge in [0.25, 0.3) is 0 Å². The van der Waals surface area contributed by atoms with Gasteiger partial charge in [0, 0.05) is 45.0 Å². The molecule has 1 heterocycles. The number of aryl methyl sites for hydroxylation is 1. The van der Waals surface area contributed by atoms with Crippen LogP contribution in [0.3, 0.4) is 0 Å². The molecule has 0 saturated carbocycles. The zero-order valence-electron chi connectivity index (χ0n) is 16.0. The van der Waals surface area contributed by atoms with Crippen LogP contribution in [0, 0.1) is 0 Å². The Morgan fingerprint density at radius 3 is 2.42 bits per heavy atom. The molecule has 1 aromatic heterocycles. The first-order valence-corrected chi connectivity index (χ1v) is 8.70. The van der Waals surface area contributed by atoms with Crippen LogP contribution in [0.4, 0.5) is 0 Å². The Bertz CT molecular complexity index is 461. The summed E-state index contributed by atoms with van der Waals surface area (Å²) < 4.78 is 1.86. The van der Waals surface area contributed by atoms with E-state index in [0.717, 1.165) is 37.7 Å². The number of nitrogens with one attached hydrogen (secondary N) is 2. The molecule has 0 aliphatic rings. The fourth-order valence-electron chi connectivity index (χ4n) is 2.64. The van der Waals surface area contributed by atoms with E-state index in [1.165, 1.54) is 0 Å². The first kappa shape index (κ1) is 23.2. The molecule has 0 spiro atoms. The van der Waals surface area contributed by atoms with Crippen LogP contribution in [-0.4, -0.2) is 52.4 Å². The van der Waals surface area contributed by atoms with Gasteiger partial charge < -0.3 is 10.6 Å². The van der Waals surface area contributed by atoms with Gasteiger partial charge in [-0.05, 0) is 47.1 Å². The summed E-state index contributed by atoms with van der Waals surface area (Å²) in [6.07, 6.45) is 2.91. The summed E-state index contributed by atoms with van der Waals surface area (Å²) in [5.41, 5.74) is 1.10. The number of halogens is 1. The maximum Gasteiger partial charge on any atom is 0.191 e. The summed E-state index contributed by atoms with van der Waals surface area (Å²) in [6, 6.07) is 3.17. The third-order valence-electron chi connectivity index (χ3n) is 3.88. The summed E-state index contributed by atoms with van der Waals surface area (Å²) in [7, 11) is 1.94. The Morgan fingerprint density at radius 2 is 1.92 bits per heavy atom. The molecule has 6 nitrogen and oxygen atoms in total. The predicted octanol–water partition coefficient (Wildman–Crippen LogP) is 2.60. The van der Waals surface area contributed by atoms with Crippen LogP contribution < -0.4 is 10.6 Å². The summed E-state index contributed by atoms with van der Waals surface area (Å²) in [5.74, 6) is 0.870. The summed E-state index contributed by atoms with van der Waals surface area (Å²) in [6.45, 7) is 14.6. The van der Waals surface area contributed by atoms with Crippen molar-refractivity contribution in [2.45, 2.75) is 59.7 Å². The average Bonchev–Trinajstić information content (AvgIpc) is 2.88. The summed E-state index contributed by atoms with van der Waals surface area (Å²) in [4.78, 5) is 7.14. The van der Waals surface area contributed by atoms with Crippen molar-refractivity contribution in [3.63, 3.8) is 0 Å². The van der Waals surface area contributed by atoms with Crippen LogP contribution >= 0.6 is 24.0 Å². The molecule has 7 heteroatoms. The van der Waals surface area contributed by atoms with Crippen LogP contribution in [0.5, 0.6) is 0 Å². The second-order valence-electron chi connectivity index (χ2n) is 6.35. The maximum absolute atomic E-state index is 4.62. The molecule has 0 saturated heterocycles. The molecule has 1 aromatic rings. The fraction of sp³-hybridized carbons (Fsp3) is 0.765. The third kappa shape index (κ3) is 8.32. The zero-order chi connectivity index (χ0) is 17.2. The molecule has 0 amide bonds. The largest absolute Gasteiger partial charge is 0.357 e. The smallest absolute Gasteiger partial charge is 0.191 e. The number of aliphatic imine (C=N–C) groups is 1. The van der Waals surface area contributed by atoms with Crippen LogP contribution in [-0.2, 0) is 13.6 Å². The van der Waals surface area contributed by atoms with Gasteiger partial charge >= 0.3 is 0 Å². The van der Waals surface area contributed by atoms with Crippen molar-refractivity contribution < 1.29 is 0 Å². The number of hydrogen-bond donors (Lipinski definition) is 2. The van der Waals surface area contributed by atoms with Crippen LogP contribution in [0.1, 0.15) is 46.7 Å². The van der Waals surface area contributed by atoms with Gasteiger partial charge in [0.05, 0.1) is 12.2 Å². The van der Waals surface area contributed by atoms with Gasteiger partial charge in [-0.25, -0.2) is 4.99 Å². The normalized spacial score (nSPS) is 12.0. The highest BCUT2D eigenvalue weighted by Gasteiger charge is 2.12. The minimum atomic E-state index is 0. The lowest BCUT2D eigenvalue weighted by molar-refractivity contribution is 0.173. The quantitative estimate of drug-likeness (QED) is 0.263. The van der Waals surface area contributed by atoms with Crippen molar-refractivity contribution >= 4 is 29.9 Å². The van der Waals surface area contributed by atoms with E-state index < -0.39 is 0 Å². The van der Waals surface area contributed by atoms with Crippen molar-refractivity contribution in [1.29, 1.82) is 0 Å². The number of nitrogens with zero attached hydrogens (tertiary/aromatic N) is 4. The lowest BCUT2D eigenvalue weighted by Gasteiger charge is -2.30. The molecule has 0 bridgehead atoms. The number of rotatable bonds is 9. The fourth-order valence-corrected chi connectivity index (χ4v) is 2.64. The average molecular weight is 450 g/mol. The summed E-state index contributed by atoms with van der Waals surface area (Å²) in [5, 5.41) is 10.9. The molecule has 140 valence electrons. The Kier molecular flexibility index (Phi) is 12.1. The number of guanidine groups is 1. The van der Waals surface area contributed by atoms with E-state index in [0.29, 0.717) is 18.6 Å². The molecule has 0 aliphatic carbocycles. The number of aromatic nitrogens is 2. The van der Waals surface area contributed by atoms with Gasteiger partial charge in [0.15, 0.2) is 5.96 Å². The maximum atomic E-state index is 4.62. The van der Waals surface area contributed by atoms with E-state index in [4.69, 9.17) is 0 Å². The predicted molar refractivity (Wildman–Crippen MR) is 113 cm³/mol. The van der Waals surface area contributed by atoms with E-state index >= 15 is 0 Å². The molecule has 0 fully saturated rings. The van der Waals surface area contributed by atoms with Crippen LogP contribution in [0.15, 0.2) is 17.3 Å². The Labute approximate surface area is 164 Å². The van der Waals surface area contributed by atoms with Gasteiger partial charge in [0.1, 0.15) is 0 Å². The summed E-state index contributed by atoms with van der Waals surface area (Å²) >= 11 is 0. The molecule has 0 unspecified atom stereocenters. The van der Waals surface area contributed by atoms with E-state index in [2.05, 4.69) is 60.2 Å². The van der Waals surface area contributed by atoms with Gasteiger partial charge in [-0.1, -0.05) is 0 Å². The van der Waals surface area contributed by atoms with E-state index in [1.807, 2.05) is 17.8 Å². The van der Waals surface area contributed by atoms with Gasteiger partial charge in [-0.3, -0.25) is 9.58 Å². The SMILES string of the molecule is CCNC(=NCc1ccnn1C)NCCCN(C(C)C)C(C)C.I. The Hall–Kier alpha value is -0.830. The first-order valence-electron chi connectivity index (χ1n) is 8.70. The second kappa shape index (κ2) is 12.5. The van der Waals surface area contributed by atoms with Crippen molar-refractivity contribution in [3.05, 3.63) is 18.0 Å². The van der Waals surface area contributed by atoms with E-state index in [9.17, 15) is 0 Å². The molecule has 0 aliphatic heterocycles. The van der Waals surface area contributed by atoms with Crippen LogP contribution in [0.2, 0.25) is 0 Å². The second-order valence-corrected chi connectivity index (χ2v) is 6.35. The first-order chi connectivity index (χ1) is 11.0. The molecule has 0 aromatic carbocycles. The van der Waals surface area contributed by atoms with Crippen molar-refractivity contribution in [2.75, 3.05) is 19.6 Å². The Morgan fingerprint density at radius 1 is 1.25 bits per heavy atom. The molecule has 2 N–H and O–H groups in total. The topological polar surface area (TPSA) is 57.5 Å². The highest BCUT2D eigenvalue weighted by Crippen LogP contribution is 2.05. The van der Waals surface area contributed by atoms with Crippen molar-refractivity contribution in [2.24, 2.45) is 12.0 Å². The molecule has 24 heavy (non-hydrogen) atoms. The van der Waals surface area contributed by atoms with Crippen molar-refractivity contribution in [1.82, 2.24) is 25.3 Å². The van der Waals surface area contributed by atoms with Crippen molar-refractivity contribution in [3.8, 4) is 0 Å². The monoisotopic (exact) mass is 450 g/mol. The van der Waals surface area contributed by atoms with E-state index in [-0.39, 0.29) is 24.0 Å². The third-order valence-corrected chi connectivity index (χ3v) is 3.88. The molecule has 1 rings (SSSR count).